The molecule has 0 aliphatic heterocycles. The molecule has 3 aromatic heterocycles. The van der Waals surface area contributed by atoms with E-state index in [0.717, 1.165) is 11.3 Å². The quantitative estimate of drug-likeness (QED) is 0.302. The lowest BCUT2D eigenvalue weighted by molar-refractivity contribution is 0.0699. The van der Waals surface area contributed by atoms with Gasteiger partial charge in [0.15, 0.2) is 28.4 Å². The van der Waals surface area contributed by atoms with Gasteiger partial charge in [0.2, 0.25) is 0 Å². The summed E-state index contributed by atoms with van der Waals surface area (Å²) in [7, 11) is 0. The Labute approximate surface area is 177 Å². The van der Waals surface area contributed by atoms with Crippen molar-refractivity contribution in [1.82, 2.24) is 0 Å². The summed E-state index contributed by atoms with van der Waals surface area (Å²) in [5.41, 5.74) is 0.344. The van der Waals surface area contributed by atoms with E-state index in [1.54, 1.807) is 30.3 Å². The molecule has 2 aromatic carbocycles. The van der Waals surface area contributed by atoms with Crippen molar-refractivity contribution in [2.24, 2.45) is 0 Å². The molecule has 0 saturated heterocycles. The molecule has 0 radical (unpaired) electrons. The second-order valence-corrected chi connectivity index (χ2v) is 7.60. The summed E-state index contributed by atoms with van der Waals surface area (Å²) < 4.78 is 11.1. The average molecular weight is 435 g/mol. The molecule has 8 nitrogen and oxygen atoms in total. The van der Waals surface area contributed by atoms with Gasteiger partial charge >= 0.3 is 5.97 Å². The summed E-state index contributed by atoms with van der Waals surface area (Å²) in [6.45, 7) is 0. The number of carboxylic acid groups (broad SMARTS) is 1. The van der Waals surface area contributed by atoms with Gasteiger partial charge in [-0.3, -0.25) is 4.79 Å². The largest absolute Gasteiger partial charge is 0.504 e. The van der Waals surface area contributed by atoms with Crippen LogP contribution in [0.1, 0.15) is 20.9 Å². The molecule has 5 rings (SSSR count). The number of phenolic OH excluding ortho intramolecular Hbond substituents is 2. The van der Waals surface area contributed by atoms with E-state index >= 15 is 0 Å². The Kier molecular flexibility index (Phi) is 4.19. The fourth-order valence-electron chi connectivity index (χ4n) is 3.35. The minimum Gasteiger partial charge on any atom is -0.504 e. The van der Waals surface area contributed by atoms with Crippen LogP contribution in [0.2, 0.25) is 0 Å². The number of rotatable bonds is 4. The average Bonchev–Trinajstić information content (AvgIpc) is 3.44. The molecule has 154 valence electrons. The molecular formula is C22H13NO7S. The van der Waals surface area contributed by atoms with Crippen LogP contribution < -0.4 is 5.32 Å². The first-order valence-electron chi connectivity index (χ1n) is 9.02. The third-order valence-corrected chi connectivity index (χ3v) is 5.74. The number of anilines is 1. The van der Waals surface area contributed by atoms with E-state index in [0.29, 0.717) is 15.6 Å². The predicted octanol–water partition coefficient (Wildman–Crippen LogP) is 5.27. The topological polar surface area (TPSA) is 133 Å². The number of hydrogen-bond donors (Lipinski definition) is 4. The van der Waals surface area contributed by atoms with E-state index in [4.69, 9.17) is 8.83 Å². The Morgan fingerprint density at radius 1 is 0.903 bits per heavy atom. The molecule has 0 aliphatic carbocycles. The molecule has 3 heterocycles. The summed E-state index contributed by atoms with van der Waals surface area (Å²) in [5, 5.41) is 34.8. The van der Waals surface area contributed by atoms with Gasteiger partial charge in [-0.1, -0.05) is 24.3 Å². The maximum Gasteiger partial charge on any atom is 0.339 e. The first-order chi connectivity index (χ1) is 14.9. The molecule has 0 aliphatic rings. The van der Waals surface area contributed by atoms with Gasteiger partial charge in [-0.15, -0.1) is 11.3 Å². The van der Waals surface area contributed by atoms with E-state index in [1.165, 1.54) is 23.6 Å². The SMILES string of the molecule is O=C(Nc1csc(-c2cc3cccc(O)c3o2)c1C(=O)O)c1cc2cccc(O)c2o1. The Morgan fingerprint density at radius 3 is 2.16 bits per heavy atom. The lowest BCUT2D eigenvalue weighted by Crippen LogP contribution is -2.13. The lowest BCUT2D eigenvalue weighted by Gasteiger charge is -2.03. The van der Waals surface area contributed by atoms with Crippen LogP contribution in [0.5, 0.6) is 11.5 Å². The smallest absolute Gasteiger partial charge is 0.339 e. The number of aromatic hydroxyl groups is 2. The van der Waals surface area contributed by atoms with E-state index in [9.17, 15) is 24.9 Å². The van der Waals surface area contributed by atoms with Gasteiger partial charge in [0.1, 0.15) is 11.3 Å². The summed E-state index contributed by atoms with van der Waals surface area (Å²) in [5.74, 6) is -1.89. The number of hydrogen-bond acceptors (Lipinski definition) is 7. The molecular weight excluding hydrogens is 422 g/mol. The fraction of sp³-hybridized carbons (Fsp3) is 0. The molecule has 0 bridgehead atoms. The van der Waals surface area contributed by atoms with Crippen molar-refractivity contribution in [1.29, 1.82) is 0 Å². The second kappa shape index (κ2) is 6.92. The number of carboxylic acids is 1. The highest BCUT2D eigenvalue weighted by Gasteiger charge is 2.25. The van der Waals surface area contributed by atoms with Crippen molar-refractivity contribution in [2.75, 3.05) is 5.32 Å². The summed E-state index contributed by atoms with van der Waals surface area (Å²) in [6.07, 6.45) is 0. The number of carbonyl (C=O) groups excluding carboxylic acids is 1. The monoisotopic (exact) mass is 435 g/mol. The number of fused-ring (bicyclic) bond motifs is 2. The van der Waals surface area contributed by atoms with Gasteiger partial charge in [-0.25, -0.2) is 4.79 Å². The van der Waals surface area contributed by atoms with Crippen molar-refractivity contribution < 1.29 is 33.7 Å². The maximum atomic E-state index is 12.7. The van der Waals surface area contributed by atoms with Gasteiger partial charge in [-0.2, -0.15) is 0 Å². The zero-order valence-electron chi connectivity index (χ0n) is 15.6. The molecule has 5 aromatic rings. The summed E-state index contributed by atoms with van der Waals surface area (Å²) in [4.78, 5) is 24.9. The molecule has 0 fully saturated rings. The molecule has 1 amide bonds. The highest BCUT2D eigenvalue weighted by molar-refractivity contribution is 7.14. The van der Waals surface area contributed by atoms with Crippen LogP contribution in [0.25, 0.3) is 32.6 Å². The molecule has 0 saturated carbocycles. The van der Waals surface area contributed by atoms with Crippen molar-refractivity contribution in [3.05, 3.63) is 65.2 Å². The maximum absolute atomic E-state index is 12.7. The molecule has 0 spiro atoms. The highest BCUT2D eigenvalue weighted by atomic mass is 32.1. The van der Waals surface area contributed by atoms with Crippen LogP contribution in [0.3, 0.4) is 0 Å². The Bertz CT molecular complexity index is 1490. The number of aromatic carboxylic acids is 1. The van der Waals surface area contributed by atoms with Gasteiger partial charge < -0.3 is 29.5 Å². The summed E-state index contributed by atoms with van der Waals surface area (Å²) >= 11 is 1.08. The molecule has 0 atom stereocenters. The van der Waals surface area contributed by atoms with Crippen LogP contribution in [0, 0.1) is 0 Å². The third-order valence-electron chi connectivity index (χ3n) is 4.75. The molecule has 9 heteroatoms. The van der Waals surface area contributed by atoms with E-state index in [2.05, 4.69) is 5.32 Å². The zero-order chi connectivity index (χ0) is 21.7. The van der Waals surface area contributed by atoms with Gasteiger partial charge in [0.05, 0.1) is 10.6 Å². The van der Waals surface area contributed by atoms with Crippen LogP contribution in [-0.4, -0.2) is 27.2 Å². The van der Waals surface area contributed by atoms with Gasteiger partial charge in [0.25, 0.3) is 5.91 Å². The number of thiophene rings is 1. The number of furan rings is 2. The van der Waals surface area contributed by atoms with Crippen LogP contribution >= 0.6 is 11.3 Å². The standard InChI is InChI=1S/C22H13NO7S/c24-13-5-1-3-10-7-15(29-18(10)13)20-17(22(27)28)12(9-31-20)23-21(26)16-8-11-4-2-6-14(25)19(11)30-16/h1-9,24-25H,(H,23,26)(H,27,28). The Balaban J connectivity index is 1.53. The van der Waals surface area contributed by atoms with Crippen molar-refractivity contribution in [3.8, 4) is 22.1 Å². The normalized spacial score (nSPS) is 11.2. The van der Waals surface area contributed by atoms with Crippen molar-refractivity contribution >= 4 is 50.8 Å². The van der Waals surface area contributed by atoms with Crippen LogP contribution in [0.15, 0.2) is 62.7 Å². The number of amides is 1. The number of phenols is 2. The zero-order valence-corrected chi connectivity index (χ0v) is 16.4. The number of para-hydroxylation sites is 2. The van der Waals surface area contributed by atoms with E-state index in [-0.39, 0.29) is 45.4 Å². The minimum atomic E-state index is -1.25. The number of nitrogens with one attached hydrogen (secondary N) is 1. The second-order valence-electron chi connectivity index (χ2n) is 6.73. The van der Waals surface area contributed by atoms with Crippen molar-refractivity contribution in [2.45, 2.75) is 0 Å². The molecule has 4 N–H and O–H groups in total. The third kappa shape index (κ3) is 3.08. The predicted molar refractivity (Wildman–Crippen MR) is 114 cm³/mol. The first kappa shape index (κ1) is 18.8. The minimum absolute atomic E-state index is 0.0566. The van der Waals surface area contributed by atoms with Crippen LogP contribution in [-0.2, 0) is 0 Å². The van der Waals surface area contributed by atoms with E-state index in [1.807, 2.05) is 0 Å². The molecule has 0 unspecified atom stereocenters. The summed E-state index contributed by atoms with van der Waals surface area (Å²) in [6, 6.07) is 12.7. The number of benzene rings is 2. The van der Waals surface area contributed by atoms with Crippen molar-refractivity contribution in [3.63, 3.8) is 0 Å². The Hall–Kier alpha value is -4.24. The lowest BCUT2D eigenvalue weighted by atomic mass is 10.1. The first-order valence-corrected chi connectivity index (χ1v) is 9.90. The fourth-order valence-corrected chi connectivity index (χ4v) is 4.29. The highest BCUT2D eigenvalue weighted by Crippen LogP contribution is 2.40. The number of carbonyl (C=O) groups is 2. The van der Waals surface area contributed by atoms with E-state index < -0.39 is 11.9 Å². The molecule has 31 heavy (non-hydrogen) atoms. The van der Waals surface area contributed by atoms with Crippen LogP contribution in [0.4, 0.5) is 5.69 Å². The van der Waals surface area contributed by atoms with Gasteiger partial charge in [0, 0.05) is 16.2 Å². The Morgan fingerprint density at radius 2 is 1.55 bits per heavy atom. The van der Waals surface area contributed by atoms with Gasteiger partial charge in [-0.05, 0) is 24.3 Å².